The lowest BCUT2D eigenvalue weighted by atomic mass is 10.2. The number of hydrogen-bond donors (Lipinski definition) is 1. The fraction of sp³-hybridized carbons (Fsp3) is 0.235. The van der Waals surface area contributed by atoms with Crippen LogP contribution in [-0.4, -0.2) is 26.7 Å². The predicted octanol–water partition coefficient (Wildman–Crippen LogP) is 3.29. The number of ether oxygens (including phenoxy) is 1. The number of sulfone groups is 1. The van der Waals surface area contributed by atoms with E-state index in [1.807, 2.05) is 6.92 Å². The van der Waals surface area contributed by atoms with Crippen molar-refractivity contribution in [1.29, 1.82) is 0 Å². The van der Waals surface area contributed by atoms with Crippen molar-refractivity contribution in [3.63, 3.8) is 0 Å². The normalized spacial score (nSPS) is 11.1. The molecule has 0 bridgehead atoms. The van der Waals surface area contributed by atoms with Crippen LogP contribution in [0.2, 0.25) is 5.02 Å². The molecule has 1 N–H and O–H groups in total. The van der Waals surface area contributed by atoms with Gasteiger partial charge >= 0.3 is 0 Å². The van der Waals surface area contributed by atoms with E-state index in [4.69, 9.17) is 16.3 Å². The van der Waals surface area contributed by atoms with Crippen LogP contribution < -0.4 is 10.1 Å². The Hall–Kier alpha value is -2.05. The molecule has 0 atom stereocenters. The minimum atomic E-state index is -3.58. The van der Waals surface area contributed by atoms with Gasteiger partial charge in [-0.05, 0) is 48.9 Å². The molecular weight excluding hydrogens is 350 g/mol. The number of carbonyl (C=O) groups excluding carboxylic acids is 1. The van der Waals surface area contributed by atoms with Crippen LogP contribution in [0.25, 0.3) is 0 Å². The maximum Gasteiger partial charge on any atom is 0.239 e. The van der Waals surface area contributed by atoms with Gasteiger partial charge in [-0.15, -0.1) is 0 Å². The van der Waals surface area contributed by atoms with Crippen LogP contribution in [0.15, 0.2) is 48.5 Å². The van der Waals surface area contributed by atoms with Gasteiger partial charge in [0, 0.05) is 10.7 Å². The maximum absolute atomic E-state index is 12.1. The molecule has 2 aromatic carbocycles. The first-order valence-electron chi connectivity index (χ1n) is 7.35. The van der Waals surface area contributed by atoms with E-state index in [0.29, 0.717) is 28.6 Å². The molecule has 0 aliphatic heterocycles. The molecule has 2 rings (SSSR count). The summed E-state index contributed by atoms with van der Waals surface area (Å²) in [6, 6.07) is 13.3. The predicted molar refractivity (Wildman–Crippen MR) is 95.2 cm³/mol. The summed E-state index contributed by atoms with van der Waals surface area (Å²) in [6.07, 6.45) is 0. The van der Waals surface area contributed by atoms with Gasteiger partial charge in [0.25, 0.3) is 0 Å². The van der Waals surface area contributed by atoms with Gasteiger partial charge in [-0.2, -0.15) is 0 Å². The van der Waals surface area contributed by atoms with Gasteiger partial charge in [-0.1, -0.05) is 23.7 Å². The fourth-order valence-electron chi connectivity index (χ4n) is 2.13. The first-order valence-corrected chi connectivity index (χ1v) is 9.55. The first kappa shape index (κ1) is 18.3. The van der Waals surface area contributed by atoms with E-state index in [1.165, 1.54) is 0 Å². The first-order chi connectivity index (χ1) is 11.4. The molecule has 0 aliphatic carbocycles. The molecule has 0 spiro atoms. The Morgan fingerprint density at radius 3 is 2.50 bits per heavy atom. The molecule has 7 heteroatoms. The van der Waals surface area contributed by atoms with E-state index >= 15 is 0 Å². The summed E-state index contributed by atoms with van der Waals surface area (Å²) in [6.45, 7) is 2.42. The zero-order chi connectivity index (χ0) is 17.6. The lowest BCUT2D eigenvalue weighted by Crippen LogP contribution is -2.23. The van der Waals surface area contributed by atoms with Crippen LogP contribution in [0, 0.1) is 0 Å². The molecule has 0 saturated heterocycles. The monoisotopic (exact) mass is 367 g/mol. The largest absolute Gasteiger partial charge is 0.494 e. The van der Waals surface area contributed by atoms with Crippen LogP contribution in [0.1, 0.15) is 12.5 Å². The third-order valence-corrected chi connectivity index (χ3v) is 4.79. The highest BCUT2D eigenvalue weighted by atomic mass is 35.5. The zero-order valence-corrected chi connectivity index (χ0v) is 14.7. The quantitative estimate of drug-likeness (QED) is 0.815. The summed E-state index contributed by atoms with van der Waals surface area (Å²) in [4.78, 5) is 11.9. The summed E-state index contributed by atoms with van der Waals surface area (Å²) in [5, 5.41) is 3.02. The zero-order valence-electron chi connectivity index (χ0n) is 13.2. The lowest BCUT2D eigenvalue weighted by molar-refractivity contribution is -0.113. The van der Waals surface area contributed by atoms with Crippen molar-refractivity contribution in [3.8, 4) is 5.75 Å². The number of nitrogens with one attached hydrogen (secondary N) is 1. The summed E-state index contributed by atoms with van der Waals surface area (Å²) in [7, 11) is -3.58. The third-order valence-electron chi connectivity index (χ3n) is 3.08. The van der Waals surface area contributed by atoms with Gasteiger partial charge in [0.05, 0.1) is 12.4 Å². The van der Waals surface area contributed by atoms with E-state index in [2.05, 4.69) is 5.32 Å². The highest BCUT2D eigenvalue weighted by Crippen LogP contribution is 2.16. The van der Waals surface area contributed by atoms with E-state index in [9.17, 15) is 13.2 Å². The Bertz CT molecular complexity index is 804. The molecule has 0 heterocycles. The van der Waals surface area contributed by atoms with Gasteiger partial charge in [0.2, 0.25) is 5.91 Å². The molecule has 2 aromatic rings. The van der Waals surface area contributed by atoms with Gasteiger partial charge in [-0.3, -0.25) is 4.79 Å². The van der Waals surface area contributed by atoms with Crippen LogP contribution in [-0.2, 0) is 20.4 Å². The van der Waals surface area contributed by atoms with Crippen molar-refractivity contribution in [2.24, 2.45) is 0 Å². The maximum atomic E-state index is 12.1. The second kappa shape index (κ2) is 8.17. The highest BCUT2D eigenvalue weighted by molar-refractivity contribution is 7.91. The molecule has 24 heavy (non-hydrogen) atoms. The Morgan fingerprint density at radius 2 is 1.88 bits per heavy atom. The minimum absolute atomic E-state index is 0.232. The second-order valence-corrected chi connectivity index (χ2v) is 7.67. The van der Waals surface area contributed by atoms with E-state index in [-0.39, 0.29) is 5.75 Å². The van der Waals surface area contributed by atoms with Gasteiger partial charge < -0.3 is 10.1 Å². The number of anilines is 1. The Labute approximate surface area is 146 Å². The van der Waals surface area contributed by atoms with E-state index in [0.717, 1.165) is 0 Å². The fourth-order valence-corrected chi connectivity index (χ4v) is 3.60. The molecule has 0 fully saturated rings. The summed E-state index contributed by atoms with van der Waals surface area (Å²) in [5.41, 5.74) is 1.07. The van der Waals surface area contributed by atoms with Crippen molar-refractivity contribution < 1.29 is 17.9 Å². The van der Waals surface area contributed by atoms with Crippen LogP contribution >= 0.6 is 11.6 Å². The van der Waals surface area contributed by atoms with Crippen molar-refractivity contribution in [2.45, 2.75) is 12.7 Å². The Morgan fingerprint density at radius 1 is 1.17 bits per heavy atom. The van der Waals surface area contributed by atoms with Gasteiger partial charge in [0.1, 0.15) is 11.5 Å². The van der Waals surface area contributed by atoms with Gasteiger partial charge in [-0.25, -0.2) is 8.42 Å². The molecule has 0 aliphatic rings. The molecule has 0 radical (unpaired) electrons. The smallest absolute Gasteiger partial charge is 0.239 e. The van der Waals surface area contributed by atoms with E-state index < -0.39 is 21.5 Å². The topological polar surface area (TPSA) is 72.5 Å². The lowest BCUT2D eigenvalue weighted by Gasteiger charge is -2.08. The molecule has 5 nitrogen and oxygen atoms in total. The summed E-state index contributed by atoms with van der Waals surface area (Å²) < 4.78 is 29.6. The number of benzene rings is 2. The number of halogens is 1. The van der Waals surface area contributed by atoms with Crippen LogP contribution in [0.5, 0.6) is 5.75 Å². The van der Waals surface area contributed by atoms with Crippen molar-refractivity contribution >= 4 is 33.0 Å². The summed E-state index contributed by atoms with van der Waals surface area (Å²) in [5.74, 6) is -0.720. The minimum Gasteiger partial charge on any atom is -0.494 e. The Kier molecular flexibility index (Phi) is 6.23. The van der Waals surface area contributed by atoms with Gasteiger partial charge in [0.15, 0.2) is 9.84 Å². The average Bonchev–Trinajstić information content (AvgIpc) is 2.48. The number of amides is 1. The Balaban J connectivity index is 1.95. The number of hydrogen-bond acceptors (Lipinski definition) is 4. The van der Waals surface area contributed by atoms with Crippen molar-refractivity contribution in [3.05, 3.63) is 59.1 Å². The van der Waals surface area contributed by atoms with Crippen molar-refractivity contribution in [1.82, 2.24) is 0 Å². The molecule has 0 aromatic heterocycles. The number of carbonyl (C=O) groups is 1. The number of rotatable bonds is 7. The molecular formula is C17H18ClNO4S. The van der Waals surface area contributed by atoms with Crippen molar-refractivity contribution in [2.75, 3.05) is 17.7 Å². The highest BCUT2D eigenvalue weighted by Gasteiger charge is 2.17. The molecule has 128 valence electrons. The SMILES string of the molecule is CCOc1ccc(NC(=O)CS(=O)(=O)Cc2cccc(Cl)c2)cc1. The van der Waals surface area contributed by atoms with Crippen LogP contribution in [0.3, 0.4) is 0 Å². The second-order valence-electron chi connectivity index (χ2n) is 5.17. The average molecular weight is 368 g/mol. The molecule has 0 unspecified atom stereocenters. The van der Waals surface area contributed by atoms with Crippen LogP contribution in [0.4, 0.5) is 5.69 Å². The standard InChI is InChI=1S/C17H18ClNO4S/c1-2-23-16-8-6-15(7-9-16)19-17(20)12-24(21,22)11-13-4-3-5-14(18)10-13/h3-10H,2,11-12H2,1H3,(H,19,20). The molecule has 1 amide bonds. The third kappa shape index (κ3) is 5.86. The molecule has 0 saturated carbocycles. The van der Waals surface area contributed by atoms with E-state index in [1.54, 1.807) is 48.5 Å². The summed E-state index contributed by atoms with van der Waals surface area (Å²) >= 11 is 5.84.